The van der Waals surface area contributed by atoms with Crippen LogP contribution in [0, 0.1) is 5.92 Å². The second kappa shape index (κ2) is 9.04. The van der Waals surface area contributed by atoms with Crippen molar-refractivity contribution in [2.45, 2.75) is 13.8 Å². The minimum absolute atomic E-state index is 0.140. The van der Waals surface area contributed by atoms with Crippen molar-refractivity contribution in [1.29, 1.82) is 0 Å². The monoisotopic (exact) mass is 442 g/mol. The van der Waals surface area contributed by atoms with Crippen LogP contribution < -0.4 is 10.6 Å². The second-order valence-electron chi connectivity index (χ2n) is 8.11. The highest BCUT2D eigenvalue weighted by Gasteiger charge is 2.36. The Hall–Kier alpha value is -4.33. The van der Waals surface area contributed by atoms with E-state index in [1.165, 1.54) is 29.3 Å². The molecule has 3 aromatic rings. The minimum Gasteiger partial charge on any atom is -0.322 e. The van der Waals surface area contributed by atoms with Gasteiger partial charge in [0.1, 0.15) is 0 Å². The van der Waals surface area contributed by atoms with Gasteiger partial charge in [-0.25, -0.2) is 0 Å². The van der Waals surface area contributed by atoms with E-state index in [9.17, 15) is 19.2 Å². The Kier molecular flexibility index (Phi) is 5.99. The van der Waals surface area contributed by atoms with Crippen LogP contribution in [0.25, 0.3) is 0 Å². The first-order valence-electron chi connectivity index (χ1n) is 10.5. The van der Waals surface area contributed by atoms with Gasteiger partial charge in [-0.2, -0.15) is 0 Å². The third-order valence-electron chi connectivity index (χ3n) is 5.08. The van der Waals surface area contributed by atoms with Gasteiger partial charge >= 0.3 is 0 Å². The molecule has 0 unspecified atom stereocenters. The fourth-order valence-corrected chi connectivity index (χ4v) is 3.54. The molecule has 0 saturated heterocycles. The highest BCUT2D eigenvalue weighted by Crippen LogP contribution is 2.25. The molecule has 4 rings (SSSR count). The van der Waals surface area contributed by atoms with Crippen molar-refractivity contribution in [2.24, 2.45) is 5.92 Å². The first-order chi connectivity index (χ1) is 15.8. The molecule has 0 bridgehead atoms. The maximum absolute atomic E-state index is 12.8. The molecule has 0 saturated carbocycles. The van der Waals surface area contributed by atoms with E-state index in [0.29, 0.717) is 29.0 Å². The largest absolute Gasteiger partial charge is 0.322 e. The van der Waals surface area contributed by atoms with Crippen LogP contribution in [0.4, 0.5) is 11.4 Å². The number of carbonyl (C=O) groups excluding carboxylic acids is 4. The molecule has 4 amide bonds. The standard InChI is InChI=1S/C25H22N4O4/c1-15(2)14-29-24(32)20-9-8-16(11-21(20)25(29)33)22(30)27-18-6-3-7-19(12-18)28-23(31)17-5-4-10-26-13-17/h3-13,15H,14H2,1-2H3,(H,27,30)(H,28,31). The Morgan fingerprint density at radius 3 is 2.15 bits per heavy atom. The van der Waals surface area contributed by atoms with Crippen molar-refractivity contribution in [3.8, 4) is 0 Å². The normalized spacial score (nSPS) is 12.6. The van der Waals surface area contributed by atoms with Crippen LogP contribution in [-0.4, -0.2) is 40.1 Å². The maximum Gasteiger partial charge on any atom is 0.261 e. The SMILES string of the molecule is CC(C)CN1C(=O)c2ccc(C(=O)Nc3cccc(NC(=O)c4cccnc4)c3)cc2C1=O. The number of nitrogens with one attached hydrogen (secondary N) is 2. The number of amides is 4. The first kappa shape index (κ1) is 21.9. The molecule has 1 aromatic heterocycles. The zero-order chi connectivity index (χ0) is 23.5. The average molecular weight is 442 g/mol. The van der Waals surface area contributed by atoms with Gasteiger partial charge in [-0.3, -0.25) is 29.1 Å². The van der Waals surface area contributed by atoms with Gasteiger partial charge < -0.3 is 10.6 Å². The van der Waals surface area contributed by atoms with E-state index in [-0.39, 0.29) is 28.9 Å². The van der Waals surface area contributed by atoms with Crippen molar-refractivity contribution in [2.75, 3.05) is 17.2 Å². The molecule has 8 heteroatoms. The zero-order valence-corrected chi connectivity index (χ0v) is 18.2. The topological polar surface area (TPSA) is 108 Å². The summed E-state index contributed by atoms with van der Waals surface area (Å²) in [7, 11) is 0. The molecule has 0 atom stereocenters. The van der Waals surface area contributed by atoms with Crippen LogP contribution >= 0.6 is 0 Å². The van der Waals surface area contributed by atoms with Crippen molar-refractivity contribution in [1.82, 2.24) is 9.88 Å². The number of hydrogen-bond donors (Lipinski definition) is 2. The van der Waals surface area contributed by atoms with Gasteiger partial charge in [0.15, 0.2) is 0 Å². The van der Waals surface area contributed by atoms with E-state index in [1.54, 1.807) is 42.6 Å². The Morgan fingerprint density at radius 2 is 1.52 bits per heavy atom. The van der Waals surface area contributed by atoms with E-state index in [0.717, 1.165) is 0 Å². The molecule has 0 aliphatic carbocycles. The number of nitrogens with zero attached hydrogens (tertiary/aromatic N) is 2. The Morgan fingerprint density at radius 1 is 0.848 bits per heavy atom. The summed E-state index contributed by atoms with van der Waals surface area (Å²) in [6.45, 7) is 4.18. The van der Waals surface area contributed by atoms with Gasteiger partial charge in [0.2, 0.25) is 0 Å². The summed E-state index contributed by atoms with van der Waals surface area (Å²) in [4.78, 5) is 55.4. The lowest BCUT2D eigenvalue weighted by Gasteiger charge is -2.15. The third kappa shape index (κ3) is 4.64. The first-order valence-corrected chi connectivity index (χ1v) is 10.5. The number of carbonyl (C=O) groups is 4. The molecular weight excluding hydrogens is 420 g/mol. The molecule has 8 nitrogen and oxygen atoms in total. The van der Waals surface area contributed by atoms with Crippen LogP contribution in [-0.2, 0) is 0 Å². The van der Waals surface area contributed by atoms with E-state index >= 15 is 0 Å². The Bertz CT molecular complexity index is 1250. The molecule has 33 heavy (non-hydrogen) atoms. The van der Waals surface area contributed by atoms with Crippen molar-refractivity contribution in [3.05, 3.63) is 89.2 Å². The molecule has 1 aliphatic rings. The molecule has 0 fully saturated rings. The van der Waals surface area contributed by atoms with E-state index in [1.807, 2.05) is 13.8 Å². The number of benzene rings is 2. The summed E-state index contributed by atoms with van der Waals surface area (Å²) in [6, 6.07) is 14.5. The third-order valence-corrected chi connectivity index (χ3v) is 5.08. The van der Waals surface area contributed by atoms with Crippen LogP contribution in [0.1, 0.15) is 55.3 Å². The molecule has 2 N–H and O–H groups in total. The summed E-state index contributed by atoms with van der Waals surface area (Å²) in [5, 5.41) is 5.52. The molecule has 0 spiro atoms. The number of pyridine rings is 1. The van der Waals surface area contributed by atoms with Gasteiger partial charge in [0.25, 0.3) is 23.6 Å². The Balaban J connectivity index is 1.48. The predicted octanol–water partition coefficient (Wildman–Crippen LogP) is 3.84. The predicted molar refractivity (Wildman–Crippen MR) is 123 cm³/mol. The van der Waals surface area contributed by atoms with Crippen LogP contribution in [0.2, 0.25) is 0 Å². The minimum atomic E-state index is -0.434. The number of rotatable bonds is 6. The summed E-state index contributed by atoms with van der Waals surface area (Å²) in [5.41, 5.74) is 2.17. The maximum atomic E-state index is 12.8. The zero-order valence-electron chi connectivity index (χ0n) is 18.2. The van der Waals surface area contributed by atoms with Crippen molar-refractivity contribution < 1.29 is 19.2 Å². The lowest BCUT2D eigenvalue weighted by atomic mass is 10.1. The van der Waals surface area contributed by atoms with E-state index in [4.69, 9.17) is 0 Å². The quantitative estimate of drug-likeness (QED) is 0.564. The number of aromatic nitrogens is 1. The highest BCUT2D eigenvalue weighted by atomic mass is 16.2. The molecule has 166 valence electrons. The average Bonchev–Trinajstić information content (AvgIpc) is 3.04. The number of imide groups is 1. The van der Waals surface area contributed by atoms with Crippen molar-refractivity contribution in [3.63, 3.8) is 0 Å². The summed E-state index contributed by atoms with van der Waals surface area (Å²) < 4.78 is 0. The molecule has 1 aliphatic heterocycles. The fourth-order valence-electron chi connectivity index (χ4n) is 3.54. The summed E-state index contributed by atoms with van der Waals surface area (Å²) in [5.74, 6) is -1.34. The summed E-state index contributed by atoms with van der Waals surface area (Å²) >= 11 is 0. The molecule has 2 aromatic carbocycles. The smallest absolute Gasteiger partial charge is 0.261 e. The number of fused-ring (bicyclic) bond motifs is 1. The Labute approximate surface area is 190 Å². The second-order valence-corrected chi connectivity index (χ2v) is 8.11. The van der Waals surface area contributed by atoms with E-state index in [2.05, 4.69) is 15.6 Å². The van der Waals surface area contributed by atoms with Crippen LogP contribution in [0.5, 0.6) is 0 Å². The van der Waals surface area contributed by atoms with Gasteiger partial charge in [0.05, 0.1) is 16.7 Å². The van der Waals surface area contributed by atoms with Gasteiger partial charge in [0, 0.05) is 35.9 Å². The van der Waals surface area contributed by atoms with Crippen molar-refractivity contribution >= 4 is 35.0 Å². The molecule has 2 heterocycles. The summed E-state index contributed by atoms with van der Waals surface area (Å²) in [6.07, 6.45) is 3.04. The molecular formula is C25H22N4O4. The van der Waals surface area contributed by atoms with Gasteiger partial charge in [-0.1, -0.05) is 19.9 Å². The van der Waals surface area contributed by atoms with Crippen LogP contribution in [0.3, 0.4) is 0 Å². The number of hydrogen-bond acceptors (Lipinski definition) is 5. The van der Waals surface area contributed by atoms with Gasteiger partial charge in [-0.05, 0) is 54.4 Å². The highest BCUT2D eigenvalue weighted by molar-refractivity contribution is 6.22. The lowest BCUT2D eigenvalue weighted by Crippen LogP contribution is -2.33. The number of anilines is 2. The van der Waals surface area contributed by atoms with Gasteiger partial charge in [-0.15, -0.1) is 0 Å². The van der Waals surface area contributed by atoms with E-state index < -0.39 is 11.8 Å². The lowest BCUT2D eigenvalue weighted by molar-refractivity contribution is 0.0635. The fraction of sp³-hybridized carbons (Fsp3) is 0.160. The molecule has 0 radical (unpaired) electrons. The van der Waals surface area contributed by atoms with Crippen LogP contribution in [0.15, 0.2) is 67.0 Å².